The van der Waals surface area contributed by atoms with Crippen molar-refractivity contribution in [2.75, 3.05) is 19.8 Å². The summed E-state index contributed by atoms with van der Waals surface area (Å²) in [5, 5.41) is 9.35. The molecule has 2 aromatic heterocycles. The molecular formula is C35H38ClN5O6. The van der Waals surface area contributed by atoms with Crippen LogP contribution in [0.3, 0.4) is 0 Å². The Hall–Kier alpha value is -4.58. The van der Waals surface area contributed by atoms with Crippen LogP contribution in [0.5, 0.6) is 5.75 Å². The van der Waals surface area contributed by atoms with E-state index < -0.39 is 29.4 Å². The number of benzene rings is 2. The minimum absolute atomic E-state index is 0.107. The maximum atomic E-state index is 13.6. The number of fused-ring (bicyclic) bond motifs is 1. The highest BCUT2D eigenvalue weighted by Crippen LogP contribution is 2.30. The molecule has 0 radical (unpaired) electrons. The molecule has 246 valence electrons. The van der Waals surface area contributed by atoms with E-state index >= 15 is 0 Å². The molecule has 0 saturated carbocycles. The molecule has 1 aliphatic heterocycles. The molecule has 0 spiro atoms. The molecule has 2 aromatic carbocycles. The molecule has 1 atom stereocenters. The van der Waals surface area contributed by atoms with Gasteiger partial charge in [0.25, 0.3) is 11.8 Å². The minimum Gasteiger partial charge on any atom is -0.494 e. The van der Waals surface area contributed by atoms with Gasteiger partial charge in [-0.25, -0.2) is 9.78 Å². The zero-order valence-electron chi connectivity index (χ0n) is 26.6. The smallest absolute Gasteiger partial charge is 0.329 e. The van der Waals surface area contributed by atoms with Gasteiger partial charge in [-0.2, -0.15) is 0 Å². The Kier molecular flexibility index (Phi) is 10.7. The van der Waals surface area contributed by atoms with E-state index in [4.69, 9.17) is 31.3 Å². The topological polar surface area (TPSA) is 143 Å². The van der Waals surface area contributed by atoms with E-state index in [2.05, 4.69) is 15.4 Å². The summed E-state index contributed by atoms with van der Waals surface area (Å²) in [6.45, 7) is 6.47. The number of halogens is 1. The number of rotatable bonds is 11. The molecule has 3 heterocycles. The maximum absolute atomic E-state index is 13.6. The lowest BCUT2D eigenvalue weighted by atomic mass is 10.0. The molecule has 47 heavy (non-hydrogen) atoms. The van der Waals surface area contributed by atoms with Crippen molar-refractivity contribution in [1.82, 2.24) is 25.2 Å². The zero-order valence-corrected chi connectivity index (χ0v) is 27.3. The monoisotopic (exact) mass is 659 g/mol. The first-order valence-corrected chi connectivity index (χ1v) is 15.9. The Morgan fingerprint density at radius 2 is 1.68 bits per heavy atom. The highest BCUT2D eigenvalue weighted by molar-refractivity contribution is 6.15. The SMILES string of the molecule is CC(C)(C)OC(=O)[C@H]1CCCN1C(=O)c1cc2nc(-c3ccc(-c4ccc(OCCCCO)cc4)cc3)cc(C(=O)NNCl)c2cn1. The predicted octanol–water partition coefficient (Wildman–Crippen LogP) is 5.45. The number of carbonyl (C=O) groups excluding carboxylic acids is 3. The van der Waals surface area contributed by atoms with E-state index in [9.17, 15) is 14.4 Å². The fourth-order valence-electron chi connectivity index (χ4n) is 5.44. The molecule has 1 aliphatic rings. The summed E-state index contributed by atoms with van der Waals surface area (Å²) in [5.41, 5.74) is 5.69. The van der Waals surface area contributed by atoms with E-state index in [-0.39, 0.29) is 17.9 Å². The fourth-order valence-corrected chi connectivity index (χ4v) is 5.52. The number of hydrogen-bond acceptors (Lipinski definition) is 9. The number of nitrogens with one attached hydrogen (secondary N) is 2. The third kappa shape index (κ3) is 8.23. The summed E-state index contributed by atoms with van der Waals surface area (Å²) in [6.07, 6.45) is 4.10. The molecule has 2 amide bonds. The van der Waals surface area contributed by atoms with Crippen LogP contribution in [-0.2, 0) is 9.53 Å². The number of hydrazine groups is 1. The highest BCUT2D eigenvalue weighted by Gasteiger charge is 2.37. The van der Waals surface area contributed by atoms with Crippen LogP contribution < -0.4 is 15.1 Å². The number of ether oxygens (including phenoxy) is 2. The third-order valence-corrected chi connectivity index (χ3v) is 7.80. The number of esters is 1. The summed E-state index contributed by atoms with van der Waals surface area (Å²) >= 11 is 5.58. The molecule has 0 unspecified atom stereocenters. The second kappa shape index (κ2) is 14.9. The van der Waals surface area contributed by atoms with Crippen LogP contribution in [0.2, 0.25) is 0 Å². The Labute approximate surface area is 278 Å². The molecular weight excluding hydrogens is 622 g/mol. The van der Waals surface area contributed by atoms with Gasteiger partial charge in [0.1, 0.15) is 23.1 Å². The average molecular weight is 660 g/mol. The van der Waals surface area contributed by atoms with Gasteiger partial charge in [-0.05, 0) is 93.6 Å². The predicted molar refractivity (Wildman–Crippen MR) is 179 cm³/mol. The molecule has 4 aromatic rings. The first kappa shape index (κ1) is 33.8. The Morgan fingerprint density at radius 3 is 2.34 bits per heavy atom. The number of aromatic nitrogens is 2. The Bertz CT molecular complexity index is 1740. The van der Waals surface area contributed by atoms with Gasteiger partial charge in [-0.15, -0.1) is 4.94 Å². The van der Waals surface area contributed by atoms with E-state index in [1.807, 2.05) is 48.5 Å². The number of carbonyl (C=O) groups is 3. The lowest BCUT2D eigenvalue weighted by molar-refractivity contribution is -0.159. The van der Waals surface area contributed by atoms with Crippen LogP contribution >= 0.6 is 11.8 Å². The average Bonchev–Trinajstić information content (AvgIpc) is 3.56. The van der Waals surface area contributed by atoms with Crippen molar-refractivity contribution in [1.29, 1.82) is 0 Å². The molecule has 5 rings (SSSR count). The molecule has 0 bridgehead atoms. The normalized spacial score (nSPS) is 14.7. The summed E-state index contributed by atoms with van der Waals surface area (Å²) in [7, 11) is 0. The van der Waals surface area contributed by atoms with Crippen molar-refractivity contribution < 1.29 is 29.0 Å². The lowest BCUT2D eigenvalue weighted by Crippen LogP contribution is -2.43. The molecule has 0 aliphatic carbocycles. The number of aliphatic hydroxyl groups excluding tert-OH is 1. The lowest BCUT2D eigenvalue weighted by Gasteiger charge is -2.27. The first-order valence-electron chi connectivity index (χ1n) is 15.5. The number of pyridine rings is 2. The molecule has 11 nitrogen and oxygen atoms in total. The largest absolute Gasteiger partial charge is 0.494 e. The van der Waals surface area contributed by atoms with Crippen molar-refractivity contribution >= 4 is 40.5 Å². The van der Waals surface area contributed by atoms with Crippen molar-refractivity contribution in [3.05, 3.63) is 78.1 Å². The summed E-state index contributed by atoms with van der Waals surface area (Å²) in [4.78, 5) is 52.3. The molecule has 1 fully saturated rings. The van der Waals surface area contributed by atoms with E-state index in [0.717, 1.165) is 28.9 Å². The van der Waals surface area contributed by atoms with Crippen LogP contribution in [0, 0.1) is 0 Å². The number of unbranched alkanes of at least 4 members (excludes halogenated alkanes) is 1. The van der Waals surface area contributed by atoms with Crippen LogP contribution in [0.1, 0.15) is 67.3 Å². The van der Waals surface area contributed by atoms with Crippen molar-refractivity contribution in [2.45, 2.75) is 58.1 Å². The molecule has 12 heteroatoms. The highest BCUT2D eigenvalue weighted by atomic mass is 35.5. The van der Waals surface area contributed by atoms with Gasteiger partial charge in [-0.3, -0.25) is 20.0 Å². The number of likely N-dealkylation sites (tertiary alicyclic amines) is 1. The van der Waals surface area contributed by atoms with Crippen LogP contribution in [0.15, 0.2) is 66.9 Å². The maximum Gasteiger partial charge on any atom is 0.329 e. The second-order valence-corrected chi connectivity index (χ2v) is 12.5. The zero-order chi connectivity index (χ0) is 33.6. The van der Waals surface area contributed by atoms with E-state index in [1.165, 1.54) is 11.1 Å². The summed E-state index contributed by atoms with van der Waals surface area (Å²) in [6, 6.07) is 18.0. The first-order chi connectivity index (χ1) is 22.6. The van der Waals surface area contributed by atoms with Crippen molar-refractivity contribution in [3.8, 4) is 28.1 Å². The van der Waals surface area contributed by atoms with Crippen molar-refractivity contribution in [2.24, 2.45) is 0 Å². The van der Waals surface area contributed by atoms with Crippen LogP contribution in [0.4, 0.5) is 0 Å². The third-order valence-electron chi connectivity index (χ3n) is 7.70. The number of hydrogen-bond donors (Lipinski definition) is 3. The van der Waals surface area contributed by atoms with Gasteiger partial charge >= 0.3 is 5.97 Å². The van der Waals surface area contributed by atoms with Gasteiger partial charge in [0.2, 0.25) is 0 Å². The molecule has 3 N–H and O–H groups in total. The Morgan fingerprint density at radius 1 is 1.00 bits per heavy atom. The standard InChI is InChI=1S/C35H38ClN5O6/c1-35(2,3)47-34(45)31-7-6-16-41(31)33(44)30-20-29-27(21-37-30)26(32(43)39-40-36)19-28(38-29)24-10-8-22(9-11-24)23-12-14-25(15-13-23)46-18-5-4-17-42/h8-15,19-21,31,40,42H,4-7,16-18H2,1-3H3,(H,39,43)/t31-/m1/s1. The van der Waals surface area contributed by atoms with Crippen molar-refractivity contribution in [3.63, 3.8) is 0 Å². The van der Waals surface area contributed by atoms with E-state index in [0.29, 0.717) is 49.0 Å². The van der Waals surface area contributed by atoms with Gasteiger partial charge in [0.05, 0.1) is 23.4 Å². The quantitative estimate of drug-likeness (QED) is 0.0829. The second-order valence-electron chi connectivity index (χ2n) is 12.3. The van der Waals surface area contributed by atoms with E-state index in [1.54, 1.807) is 32.9 Å². The number of amides is 2. The number of aliphatic hydroxyl groups is 1. The van der Waals surface area contributed by atoms with Gasteiger partial charge in [-0.1, -0.05) is 36.4 Å². The Balaban J connectivity index is 1.42. The fraction of sp³-hybridized carbons (Fsp3) is 0.343. The van der Waals surface area contributed by atoms with Crippen LogP contribution in [-0.4, -0.2) is 69.2 Å². The molecule has 1 saturated heterocycles. The van der Waals surface area contributed by atoms with Gasteiger partial charge < -0.3 is 19.5 Å². The minimum atomic E-state index is -0.700. The number of nitrogens with zero attached hydrogens (tertiary/aromatic N) is 3. The van der Waals surface area contributed by atoms with Gasteiger partial charge in [0, 0.05) is 30.3 Å². The van der Waals surface area contributed by atoms with Crippen LogP contribution in [0.25, 0.3) is 33.3 Å². The summed E-state index contributed by atoms with van der Waals surface area (Å²) < 4.78 is 11.3. The van der Waals surface area contributed by atoms with Gasteiger partial charge in [0.15, 0.2) is 0 Å². The summed E-state index contributed by atoms with van der Waals surface area (Å²) in [5.74, 6) is -0.599.